The summed E-state index contributed by atoms with van der Waals surface area (Å²) in [6.07, 6.45) is 10.7. The minimum atomic E-state index is -0.282. The number of carbonyl (C=O) groups excluding carboxylic acids is 1. The van der Waals surface area contributed by atoms with Crippen molar-refractivity contribution in [3.05, 3.63) is 30.4 Å². The molecule has 1 amide bonds. The minimum absolute atomic E-state index is 0.154. The van der Waals surface area contributed by atoms with E-state index in [0.717, 1.165) is 31.6 Å². The Bertz CT molecular complexity index is 685. The topological polar surface area (TPSA) is 77.0 Å². The molecule has 0 bridgehead atoms. The van der Waals surface area contributed by atoms with Gasteiger partial charge in [0.25, 0.3) is 0 Å². The molecule has 0 saturated heterocycles. The number of imidazole rings is 1. The molecule has 4 rings (SSSR count). The van der Waals surface area contributed by atoms with Gasteiger partial charge in [0.05, 0.1) is 18.3 Å². The maximum Gasteiger partial charge on any atom is 0.230 e. The highest BCUT2D eigenvalue weighted by Gasteiger charge is 2.51. The number of aromatic nitrogens is 4. The summed E-state index contributed by atoms with van der Waals surface area (Å²) in [6, 6.07) is 0. The molecule has 0 radical (unpaired) electrons. The Morgan fingerprint density at radius 1 is 1.48 bits per heavy atom. The van der Waals surface area contributed by atoms with Gasteiger partial charge in [0.1, 0.15) is 0 Å². The molecule has 2 aliphatic carbocycles. The van der Waals surface area contributed by atoms with Gasteiger partial charge in [-0.2, -0.15) is 4.98 Å². The smallest absolute Gasteiger partial charge is 0.230 e. The second-order valence-corrected chi connectivity index (χ2v) is 6.85. The first-order valence-electron chi connectivity index (χ1n) is 8.20. The van der Waals surface area contributed by atoms with Crippen LogP contribution in [-0.2, 0) is 17.9 Å². The van der Waals surface area contributed by atoms with Crippen LogP contribution in [0.5, 0.6) is 0 Å². The van der Waals surface area contributed by atoms with Crippen LogP contribution in [0.1, 0.15) is 49.7 Å². The van der Waals surface area contributed by atoms with Gasteiger partial charge in [0.2, 0.25) is 11.8 Å². The van der Waals surface area contributed by atoms with E-state index in [-0.39, 0.29) is 11.3 Å². The zero-order valence-corrected chi connectivity index (χ0v) is 13.3. The van der Waals surface area contributed by atoms with Crippen LogP contribution < -0.4 is 0 Å². The Kier molecular flexibility index (Phi) is 3.43. The van der Waals surface area contributed by atoms with E-state index in [0.29, 0.717) is 24.8 Å². The van der Waals surface area contributed by atoms with Crippen LogP contribution >= 0.6 is 0 Å². The molecule has 2 saturated carbocycles. The molecule has 0 spiro atoms. The van der Waals surface area contributed by atoms with E-state index in [1.807, 2.05) is 17.8 Å². The van der Waals surface area contributed by atoms with Crippen molar-refractivity contribution in [3.8, 4) is 0 Å². The Balaban J connectivity index is 1.39. The SMILES string of the molecule is CN(Cc1noc(C2CCC2)n1)C(=O)C1(Cn2ccnc2)CC1. The quantitative estimate of drug-likeness (QED) is 0.814. The monoisotopic (exact) mass is 315 g/mol. The molecule has 0 aromatic carbocycles. The average molecular weight is 315 g/mol. The first-order chi connectivity index (χ1) is 11.2. The van der Waals surface area contributed by atoms with Gasteiger partial charge in [-0.05, 0) is 25.7 Å². The van der Waals surface area contributed by atoms with Crippen molar-refractivity contribution < 1.29 is 9.32 Å². The summed E-state index contributed by atoms with van der Waals surface area (Å²) in [6.45, 7) is 1.09. The van der Waals surface area contributed by atoms with E-state index in [2.05, 4.69) is 15.1 Å². The van der Waals surface area contributed by atoms with Gasteiger partial charge in [-0.3, -0.25) is 4.79 Å². The summed E-state index contributed by atoms with van der Waals surface area (Å²) in [7, 11) is 1.82. The molecular weight excluding hydrogens is 294 g/mol. The molecule has 2 heterocycles. The molecule has 0 unspecified atom stereocenters. The number of hydrogen-bond acceptors (Lipinski definition) is 5. The standard InChI is InChI=1S/C16H21N5O2/c1-20(9-13-18-14(23-19-13)12-3-2-4-12)15(22)16(5-6-16)10-21-8-7-17-11-21/h7-8,11-12H,2-6,9-10H2,1H3. The molecule has 7 heteroatoms. The van der Waals surface area contributed by atoms with Crippen molar-refractivity contribution in [2.24, 2.45) is 5.41 Å². The van der Waals surface area contributed by atoms with Gasteiger partial charge in [-0.25, -0.2) is 4.98 Å². The second kappa shape index (κ2) is 5.47. The van der Waals surface area contributed by atoms with Crippen molar-refractivity contribution >= 4 is 5.91 Å². The molecule has 7 nitrogen and oxygen atoms in total. The van der Waals surface area contributed by atoms with E-state index in [1.54, 1.807) is 17.4 Å². The third-order valence-corrected chi connectivity index (χ3v) is 5.02. The van der Waals surface area contributed by atoms with E-state index in [4.69, 9.17) is 4.52 Å². The minimum Gasteiger partial charge on any atom is -0.339 e. The van der Waals surface area contributed by atoms with Crippen LogP contribution in [0.3, 0.4) is 0 Å². The van der Waals surface area contributed by atoms with Crippen LogP contribution in [0, 0.1) is 5.41 Å². The van der Waals surface area contributed by atoms with E-state index in [1.165, 1.54) is 6.42 Å². The maximum absolute atomic E-state index is 12.8. The van der Waals surface area contributed by atoms with E-state index in [9.17, 15) is 4.79 Å². The summed E-state index contributed by atoms with van der Waals surface area (Å²) >= 11 is 0. The van der Waals surface area contributed by atoms with Crippen molar-refractivity contribution in [2.45, 2.75) is 51.1 Å². The Hall–Kier alpha value is -2.18. The van der Waals surface area contributed by atoms with Crippen LogP contribution in [0.2, 0.25) is 0 Å². The lowest BCUT2D eigenvalue weighted by atomic mass is 9.85. The highest BCUT2D eigenvalue weighted by atomic mass is 16.5. The maximum atomic E-state index is 12.8. The van der Waals surface area contributed by atoms with Gasteiger partial charge in [-0.15, -0.1) is 0 Å². The Morgan fingerprint density at radius 2 is 2.30 bits per heavy atom. The van der Waals surface area contributed by atoms with Crippen molar-refractivity contribution in [3.63, 3.8) is 0 Å². The van der Waals surface area contributed by atoms with E-state index < -0.39 is 0 Å². The lowest BCUT2D eigenvalue weighted by Gasteiger charge is -2.22. The molecule has 23 heavy (non-hydrogen) atoms. The number of amides is 1. The highest BCUT2D eigenvalue weighted by Crippen LogP contribution is 2.48. The fraction of sp³-hybridized carbons (Fsp3) is 0.625. The molecule has 2 aromatic rings. The molecule has 2 aromatic heterocycles. The summed E-state index contributed by atoms with van der Waals surface area (Å²) in [4.78, 5) is 23.0. The van der Waals surface area contributed by atoms with Gasteiger partial charge < -0.3 is 14.0 Å². The summed E-state index contributed by atoms with van der Waals surface area (Å²) in [5.74, 6) is 1.90. The second-order valence-electron chi connectivity index (χ2n) is 6.85. The fourth-order valence-corrected chi connectivity index (χ4v) is 3.16. The molecule has 0 atom stereocenters. The number of rotatable bonds is 6. The zero-order valence-electron chi connectivity index (χ0n) is 13.3. The average Bonchev–Trinajstić information content (AvgIpc) is 2.87. The van der Waals surface area contributed by atoms with Crippen molar-refractivity contribution in [2.75, 3.05) is 7.05 Å². The van der Waals surface area contributed by atoms with Crippen LogP contribution in [0.4, 0.5) is 0 Å². The Morgan fingerprint density at radius 3 is 2.91 bits per heavy atom. The third kappa shape index (κ3) is 2.75. The number of hydrogen-bond donors (Lipinski definition) is 0. The lowest BCUT2D eigenvalue weighted by molar-refractivity contribution is -0.136. The van der Waals surface area contributed by atoms with E-state index >= 15 is 0 Å². The van der Waals surface area contributed by atoms with Gasteiger partial charge in [-0.1, -0.05) is 11.6 Å². The predicted molar refractivity (Wildman–Crippen MR) is 81.3 cm³/mol. The summed E-state index contributed by atoms with van der Waals surface area (Å²) < 4.78 is 7.30. The summed E-state index contributed by atoms with van der Waals surface area (Å²) in [5, 5.41) is 4.02. The van der Waals surface area contributed by atoms with Gasteiger partial charge in [0, 0.05) is 31.9 Å². The number of nitrogens with zero attached hydrogens (tertiary/aromatic N) is 5. The molecule has 0 aliphatic heterocycles. The first-order valence-corrected chi connectivity index (χ1v) is 8.20. The normalized spacial score (nSPS) is 19.3. The zero-order chi connectivity index (χ0) is 15.9. The molecule has 0 N–H and O–H groups in total. The van der Waals surface area contributed by atoms with Crippen LogP contribution in [0.15, 0.2) is 23.2 Å². The van der Waals surface area contributed by atoms with Crippen molar-refractivity contribution in [1.82, 2.24) is 24.6 Å². The van der Waals surface area contributed by atoms with Gasteiger partial charge in [0.15, 0.2) is 5.82 Å². The van der Waals surface area contributed by atoms with Crippen LogP contribution in [-0.4, -0.2) is 37.5 Å². The lowest BCUT2D eigenvalue weighted by Crippen LogP contribution is -2.36. The molecule has 2 aliphatic rings. The fourth-order valence-electron chi connectivity index (χ4n) is 3.16. The predicted octanol–water partition coefficient (Wildman–Crippen LogP) is 1.97. The molecular formula is C16H21N5O2. The first kappa shape index (κ1) is 14.4. The Labute approximate surface area is 134 Å². The van der Waals surface area contributed by atoms with Crippen molar-refractivity contribution in [1.29, 1.82) is 0 Å². The summed E-state index contributed by atoms with van der Waals surface area (Å²) in [5.41, 5.74) is -0.282. The largest absolute Gasteiger partial charge is 0.339 e. The third-order valence-electron chi connectivity index (χ3n) is 5.02. The highest BCUT2D eigenvalue weighted by molar-refractivity contribution is 5.85. The molecule has 122 valence electrons. The van der Waals surface area contributed by atoms with Gasteiger partial charge >= 0.3 is 0 Å². The molecule has 2 fully saturated rings. The van der Waals surface area contributed by atoms with Crippen LogP contribution in [0.25, 0.3) is 0 Å². The number of carbonyl (C=O) groups is 1.